The molecule has 0 atom stereocenters. The monoisotopic (exact) mass is 262 g/mol. The number of piperazine rings is 1. The van der Waals surface area contributed by atoms with Gasteiger partial charge in [-0.15, -0.1) is 0 Å². The van der Waals surface area contributed by atoms with Crippen LogP contribution in [0.5, 0.6) is 0 Å². The highest BCUT2D eigenvalue weighted by Crippen LogP contribution is 2.27. The maximum atomic E-state index is 8.89. The van der Waals surface area contributed by atoms with E-state index in [0.29, 0.717) is 0 Å². The Kier molecular flexibility index (Phi) is 3.66. The second-order valence-corrected chi connectivity index (χ2v) is 5.66. The van der Waals surface area contributed by atoms with Gasteiger partial charge in [0.15, 0.2) is 5.84 Å². The summed E-state index contributed by atoms with van der Waals surface area (Å²) in [5.74, 6) is 0.160. The van der Waals surface area contributed by atoms with Gasteiger partial charge in [-0.25, -0.2) is 0 Å². The Hall–Kier alpha value is -1.75. The molecule has 0 bridgehead atoms. The van der Waals surface area contributed by atoms with E-state index in [1.165, 1.54) is 0 Å². The molecule has 5 heteroatoms. The number of amidine groups is 1. The summed E-state index contributed by atoms with van der Waals surface area (Å²) in [4.78, 5) is 4.66. The molecular formula is C14H22N4O. The third kappa shape index (κ3) is 2.66. The topological polar surface area (TPSA) is 65.1 Å². The lowest BCUT2D eigenvalue weighted by Gasteiger charge is -2.46. The zero-order valence-corrected chi connectivity index (χ0v) is 11.8. The molecule has 1 aliphatic rings. The highest BCUT2D eigenvalue weighted by Gasteiger charge is 2.31. The normalized spacial score (nSPS) is 20.6. The fourth-order valence-corrected chi connectivity index (χ4v) is 2.47. The van der Waals surface area contributed by atoms with E-state index in [9.17, 15) is 0 Å². The van der Waals surface area contributed by atoms with E-state index < -0.39 is 0 Å². The molecular weight excluding hydrogens is 240 g/mol. The van der Waals surface area contributed by atoms with Gasteiger partial charge in [-0.3, -0.25) is 4.90 Å². The van der Waals surface area contributed by atoms with E-state index in [2.05, 4.69) is 35.9 Å². The molecule has 0 unspecified atom stereocenters. The second kappa shape index (κ2) is 5.09. The molecule has 3 N–H and O–H groups in total. The SMILES string of the molecule is CN1CCN(c2ccccc2C(N)=NO)CC1(C)C. The third-order valence-corrected chi connectivity index (χ3v) is 3.94. The smallest absolute Gasteiger partial charge is 0.172 e. The molecule has 0 radical (unpaired) electrons. The number of para-hydroxylation sites is 1. The van der Waals surface area contributed by atoms with Gasteiger partial charge in [0.25, 0.3) is 0 Å². The van der Waals surface area contributed by atoms with E-state index in [4.69, 9.17) is 10.9 Å². The number of hydrogen-bond donors (Lipinski definition) is 2. The average molecular weight is 262 g/mol. The number of rotatable bonds is 2. The van der Waals surface area contributed by atoms with Crippen molar-refractivity contribution in [2.75, 3.05) is 31.6 Å². The number of nitrogens with two attached hydrogens (primary N) is 1. The molecule has 1 saturated heterocycles. The Morgan fingerprint density at radius 3 is 2.63 bits per heavy atom. The van der Waals surface area contributed by atoms with Gasteiger partial charge in [0.2, 0.25) is 0 Å². The van der Waals surface area contributed by atoms with Crippen molar-refractivity contribution >= 4 is 11.5 Å². The van der Waals surface area contributed by atoms with Crippen LogP contribution < -0.4 is 10.6 Å². The number of likely N-dealkylation sites (N-methyl/N-ethyl adjacent to an activating group) is 1. The third-order valence-electron chi connectivity index (χ3n) is 3.94. The van der Waals surface area contributed by atoms with Crippen molar-refractivity contribution in [3.63, 3.8) is 0 Å². The first-order valence-corrected chi connectivity index (χ1v) is 6.49. The van der Waals surface area contributed by atoms with Crippen LogP contribution in [0.15, 0.2) is 29.4 Å². The highest BCUT2D eigenvalue weighted by molar-refractivity contribution is 6.02. The van der Waals surface area contributed by atoms with Crippen LogP contribution >= 0.6 is 0 Å². The Balaban J connectivity index is 2.33. The first kappa shape index (κ1) is 13.7. The molecule has 5 nitrogen and oxygen atoms in total. The van der Waals surface area contributed by atoms with Crippen LogP contribution in [0.1, 0.15) is 19.4 Å². The maximum Gasteiger partial charge on any atom is 0.172 e. The molecule has 1 aliphatic heterocycles. The first-order valence-electron chi connectivity index (χ1n) is 6.49. The second-order valence-electron chi connectivity index (χ2n) is 5.66. The van der Waals surface area contributed by atoms with Gasteiger partial charge < -0.3 is 15.8 Å². The lowest BCUT2D eigenvalue weighted by Crippen LogP contribution is -2.58. The summed E-state index contributed by atoms with van der Waals surface area (Å²) < 4.78 is 0. The van der Waals surface area contributed by atoms with Crippen LogP contribution in [0.2, 0.25) is 0 Å². The summed E-state index contributed by atoms with van der Waals surface area (Å²) in [5, 5.41) is 12.0. The lowest BCUT2D eigenvalue weighted by atomic mass is 9.98. The Bertz CT molecular complexity index is 484. The largest absolute Gasteiger partial charge is 0.409 e. The van der Waals surface area contributed by atoms with Gasteiger partial charge in [-0.1, -0.05) is 17.3 Å². The Morgan fingerprint density at radius 2 is 2.00 bits per heavy atom. The van der Waals surface area contributed by atoms with Crippen LogP contribution in [0.4, 0.5) is 5.69 Å². The lowest BCUT2D eigenvalue weighted by molar-refractivity contribution is 0.139. The molecule has 1 aromatic carbocycles. The molecule has 104 valence electrons. The minimum absolute atomic E-state index is 0.108. The van der Waals surface area contributed by atoms with Crippen LogP contribution in [0.3, 0.4) is 0 Å². The van der Waals surface area contributed by atoms with Crippen molar-refractivity contribution in [3.8, 4) is 0 Å². The fourth-order valence-electron chi connectivity index (χ4n) is 2.47. The molecule has 1 fully saturated rings. The molecule has 2 rings (SSSR count). The number of benzene rings is 1. The average Bonchev–Trinajstić information content (AvgIpc) is 2.41. The predicted octanol–water partition coefficient (Wildman–Crippen LogP) is 1.31. The van der Waals surface area contributed by atoms with E-state index in [1.54, 1.807) is 0 Å². The number of nitrogens with zero attached hydrogens (tertiary/aromatic N) is 3. The summed E-state index contributed by atoms with van der Waals surface area (Å²) >= 11 is 0. The van der Waals surface area contributed by atoms with Crippen molar-refractivity contribution in [1.82, 2.24) is 4.90 Å². The summed E-state index contributed by atoms with van der Waals surface area (Å²) in [7, 11) is 2.15. The molecule has 0 saturated carbocycles. The minimum Gasteiger partial charge on any atom is -0.409 e. The summed E-state index contributed by atoms with van der Waals surface area (Å²) in [5.41, 5.74) is 7.68. The van der Waals surface area contributed by atoms with Crippen LogP contribution in [0, 0.1) is 0 Å². The van der Waals surface area contributed by atoms with Crippen molar-refractivity contribution in [3.05, 3.63) is 29.8 Å². The Morgan fingerprint density at radius 1 is 1.32 bits per heavy atom. The molecule has 19 heavy (non-hydrogen) atoms. The van der Waals surface area contributed by atoms with E-state index in [-0.39, 0.29) is 11.4 Å². The van der Waals surface area contributed by atoms with Gasteiger partial charge in [-0.05, 0) is 33.0 Å². The van der Waals surface area contributed by atoms with Crippen molar-refractivity contribution in [1.29, 1.82) is 0 Å². The van der Waals surface area contributed by atoms with Crippen LogP contribution in [-0.2, 0) is 0 Å². The molecule has 0 aliphatic carbocycles. The van der Waals surface area contributed by atoms with E-state index in [0.717, 1.165) is 30.9 Å². The summed E-state index contributed by atoms with van der Waals surface area (Å²) in [6.07, 6.45) is 0. The molecule has 1 heterocycles. The van der Waals surface area contributed by atoms with Crippen molar-refractivity contribution in [2.24, 2.45) is 10.9 Å². The predicted molar refractivity (Wildman–Crippen MR) is 77.9 cm³/mol. The van der Waals surface area contributed by atoms with E-state index >= 15 is 0 Å². The van der Waals surface area contributed by atoms with Gasteiger partial charge in [0.05, 0.1) is 0 Å². The zero-order chi connectivity index (χ0) is 14.0. The van der Waals surface area contributed by atoms with Crippen LogP contribution in [-0.4, -0.2) is 48.2 Å². The number of anilines is 1. The van der Waals surface area contributed by atoms with Crippen LogP contribution in [0.25, 0.3) is 0 Å². The molecule has 0 spiro atoms. The maximum absolute atomic E-state index is 8.89. The quantitative estimate of drug-likeness (QED) is 0.365. The molecule has 0 aromatic heterocycles. The van der Waals surface area contributed by atoms with Gasteiger partial charge in [0, 0.05) is 36.4 Å². The van der Waals surface area contributed by atoms with E-state index in [1.807, 2.05) is 24.3 Å². The van der Waals surface area contributed by atoms with Gasteiger partial charge in [-0.2, -0.15) is 0 Å². The standard InChI is InChI=1S/C14H22N4O/c1-14(2)10-18(9-8-17(14)3)12-7-5-4-6-11(12)13(15)16-19/h4-7,19H,8-10H2,1-3H3,(H2,15,16). The van der Waals surface area contributed by atoms with Crippen molar-refractivity contribution < 1.29 is 5.21 Å². The minimum atomic E-state index is 0.108. The fraction of sp³-hybridized carbons (Fsp3) is 0.500. The highest BCUT2D eigenvalue weighted by atomic mass is 16.4. The molecule has 1 aromatic rings. The summed E-state index contributed by atoms with van der Waals surface area (Å²) in [6, 6.07) is 7.79. The Labute approximate surface area is 114 Å². The number of oxime groups is 1. The first-order chi connectivity index (χ1) is 8.95. The number of hydrogen-bond acceptors (Lipinski definition) is 4. The van der Waals surface area contributed by atoms with Crippen molar-refractivity contribution in [2.45, 2.75) is 19.4 Å². The van der Waals surface area contributed by atoms with Gasteiger partial charge in [0.1, 0.15) is 0 Å². The summed E-state index contributed by atoms with van der Waals surface area (Å²) in [6.45, 7) is 7.31. The zero-order valence-electron chi connectivity index (χ0n) is 11.8. The van der Waals surface area contributed by atoms with Gasteiger partial charge >= 0.3 is 0 Å². The molecule has 0 amide bonds.